The molecule has 8 heteroatoms. The third-order valence-electron chi connectivity index (χ3n) is 5.00. The zero-order valence-electron chi connectivity index (χ0n) is 16.3. The molecule has 0 unspecified atom stereocenters. The summed E-state index contributed by atoms with van der Waals surface area (Å²) in [4.78, 5) is 2.60. The van der Waals surface area contributed by atoms with E-state index in [1.54, 1.807) is 28.6 Å². The number of rotatable bonds is 7. The summed E-state index contributed by atoms with van der Waals surface area (Å²) in [5.74, 6) is 0.685. The van der Waals surface area contributed by atoms with E-state index in [0.29, 0.717) is 43.4 Å². The minimum absolute atomic E-state index is 0.319. The summed E-state index contributed by atoms with van der Waals surface area (Å²) in [5, 5.41) is 4.39. The van der Waals surface area contributed by atoms with Crippen molar-refractivity contribution in [3.8, 4) is 5.75 Å². The van der Waals surface area contributed by atoms with Gasteiger partial charge in [0, 0.05) is 50.5 Å². The average Bonchev–Trinajstić information content (AvgIpc) is 3.02. The van der Waals surface area contributed by atoms with Gasteiger partial charge in [0.1, 0.15) is 5.75 Å². The molecule has 27 heavy (non-hydrogen) atoms. The molecule has 7 nitrogen and oxygen atoms in total. The molecule has 1 aliphatic rings. The first-order valence-electron chi connectivity index (χ1n) is 9.42. The van der Waals surface area contributed by atoms with Crippen LogP contribution in [-0.2, 0) is 23.1 Å². The minimum Gasteiger partial charge on any atom is -0.494 e. The Morgan fingerprint density at radius 3 is 2.30 bits per heavy atom. The van der Waals surface area contributed by atoms with Crippen LogP contribution < -0.4 is 4.74 Å². The molecule has 0 spiro atoms. The Morgan fingerprint density at radius 2 is 1.74 bits per heavy atom. The lowest BCUT2D eigenvalue weighted by Crippen LogP contribution is -2.48. The lowest BCUT2D eigenvalue weighted by atomic mass is 10.2. The van der Waals surface area contributed by atoms with Crippen molar-refractivity contribution in [1.82, 2.24) is 19.0 Å². The Morgan fingerprint density at radius 1 is 1.07 bits per heavy atom. The maximum absolute atomic E-state index is 12.9. The van der Waals surface area contributed by atoms with Crippen molar-refractivity contribution in [3.05, 3.63) is 41.7 Å². The quantitative estimate of drug-likeness (QED) is 0.722. The van der Waals surface area contributed by atoms with E-state index in [2.05, 4.69) is 23.8 Å². The van der Waals surface area contributed by atoms with Crippen LogP contribution in [0.1, 0.15) is 25.1 Å². The Kier molecular flexibility index (Phi) is 6.18. The van der Waals surface area contributed by atoms with Gasteiger partial charge in [-0.3, -0.25) is 9.58 Å². The fraction of sp³-hybridized carbons (Fsp3) is 0.526. The normalized spacial score (nSPS) is 16.6. The average molecular weight is 393 g/mol. The van der Waals surface area contributed by atoms with Gasteiger partial charge in [-0.25, -0.2) is 8.42 Å². The van der Waals surface area contributed by atoms with Gasteiger partial charge in [0.05, 0.1) is 17.7 Å². The Bertz CT molecular complexity index is 854. The standard InChI is InChI=1S/C19H28N4O3S/c1-4-23-16(3)17(14-20-23)15-21-10-12-22(13-11-21)27(24,25)19-8-6-18(7-9-19)26-5-2/h6-9,14H,4-5,10-13,15H2,1-3H3. The summed E-state index contributed by atoms with van der Waals surface area (Å²) in [5.41, 5.74) is 2.39. The Labute approximate surface area is 161 Å². The SMILES string of the molecule is CCOc1ccc(S(=O)(=O)N2CCN(Cc3cnn(CC)c3C)CC2)cc1. The van der Waals surface area contributed by atoms with Crippen molar-refractivity contribution in [3.63, 3.8) is 0 Å². The fourth-order valence-electron chi connectivity index (χ4n) is 3.35. The highest BCUT2D eigenvalue weighted by atomic mass is 32.2. The van der Waals surface area contributed by atoms with Crippen molar-refractivity contribution < 1.29 is 13.2 Å². The lowest BCUT2D eigenvalue weighted by molar-refractivity contribution is 0.181. The highest BCUT2D eigenvalue weighted by Gasteiger charge is 2.28. The molecule has 0 N–H and O–H groups in total. The predicted octanol–water partition coefficient (Wildman–Crippen LogP) is 2.12. The molecule has 0 bridgehead atoms. The van der Waals surface area contributed by atoms with Gasteiger partial charge in [-0.15, -0.1) is 0 Å². The molecule has 2 aromatic rings. The number of sulfonamides is 1. The fourth-order valence-corrected chi connectivity index (χ4v) is 4.77. The molecule has 0 radical (unpaired) electrons. The molecule has 1 aliphatic heterocycles. The van der Waals surface area contributed by atoms with E-state index in [1.807, 2.05) is 17.8 Å². The van der Waals surface area contributed by atoms with E-state index in [1.165, 1.54) is 11.3 Å². The zero-order chi connectivity index (χ0) is 19.4. The number of hydrogen-bond donors (Lipinski definition) is 0. The van der Waals surface area contributed by atoms with Crippen LogP contribution in [0.4, 0.5) is 0 Å². The number of aromatic nitrogens is 2. The lowest BCUT2D eigenvalue weighted by Gasteiger charge is -2.33. The molecule has 0 saturated carbocycles. The van der Waals surface area contributed by atoms with Gasteiger partial charge < -0.3 is 4.74 Å². The number of piperazine rings is 1. The molecule has 0 aliphatic carbocycles. The van der Waals surface area contributed by atoms with Gasteiger partial charge in [-0.05, 0) is 45.0 Å². The van der Waals surface area contributed by atoms with Gasteiger partial charge >= 0.3 is 0 Å². The van der Waals surface area contributed by atoms with Crippen LogP contribution in [-0.4, -0.2) is 60.2 Å². The topological polar surface area (TPSA) is 67.7 Å². The van der Waals surface area contributed by atoms with Crippen molar-refractivity contribution in [2.45, 2.75) is 38.8 Å². The van der Waals surface area contributed by atoms with Crippen molar-refractivity contribution in [1.29, 1.82) is 0 Å². The summed E-state index contributed by atoms with van der Waals surface area (Å²) < 4.78 is 34.7. The Hall–Kier alpha value is -1.90. The second kappa shape index (κ2) is 8.41. The number of hydrogen-bond acceptors (Lipinski definition) is 5. The van der Waals surface area contributed by atoms with E-state index in [9.17, 15) is 8.42 Å². The first kappa shape index (κ1) is 19.9. The second-order valence-corrected chi connectivity index (χ2v) is 8.59. The van der Waals surface area contributed by atoms with E-state index < -0.39 is 10.0 Å². The number of nitrogens with zero attached hydrogens (tertiary/aromatic N) is 4. The second-order valence-electron chi connectivity index (χ2n) is 6.66. The molecule has 3 rings (SSSR count). The molecule has 1 aromatic carbocycles. The molecular weight excluding hydrogens is 364 g/mol. The molecule has 1 aromatic heterocycles. The van der Waals surface area contributed by atoms with Gasteiger partial charge in [-0.1, -0.05) is 0 Å². The molecule has 0 atom stereocenters. The smallest absolute Gasteiger partial charge is 0.243 e. The molecule has 148 valence electrons. The highest BCUT2D eigenvalue weighted by Crippen LogP contribution is 2.21. The maximum atomic E-state index is 12.9. The van der Waals surface area contributed by atoms with E-state index in [-0.39, 0.29) is 0 Å². The van der Waals surface area contributed by atoms with Crippen LogP contribution in [0, 0.1) is 6.92 Å². The monoisotopic (exact) mass is 392 g/mol. The summed E-state index contributed by atoms with van der Waals surface area (Å²) in [6.07, 6.45) is 1.92. The highest BCUT2D eigenvalue weighted by molar-refractivity contribution is 7.89. The van der Waals surface area contributed by atoms with Gasteiger partial charge in [-0.2, -0.15) is 9.40 Å². The van der Waals surface area contributed by atoms with Gasteiger partial charge in [0.25, 0.3) is 0 Å². The molecule has 2 heterocycles. The van der Waals surface area contributed by atoms with Crippen molar-refractivity contribution in [2.24, 2.45) is 0 Å². The third kappa shape index (κ3) is 4.34. The van der Waals surface area contributed by atoms with Crippen LogP contribution in [0.15, 0.2) is 35.4 Å². The van der Waals surface area contributed by atoms with E-state index >= 15 is 0 Å². The van der Waals surface area contributed by atoms with Crippen molar-refractivity contribution in [2.75, 3.05) is 32.8 Å². The van der Waals surface area contributed by atoms with Crippen LogP contribution in [0.5, 0.6) is 5.75 Å². The maximum Gasteiger partial charge on any atom is 0.243 e. The number of aryl methyl sites for hydroxylation is 1. The summed E-state index contributed by atoms with van der Waals surface area (Å²) in [7, 11) is -3.46. The summed E-state index contributed by atoms with van der Waals surface area (Å²) in [6, 6.07) is 6.66. The molecule has 0 amide bonds. The van der Waals surface area contributed by atoms with E-state index in [4.69, 9.17) is 4.74 Å². The van der Waals surface area contributed by atoms with Crippen LogP contribution in [0.3, 0.4) is 0 Å². The van der Waals surface area contributed by atoms with E-state index in [0.717, 1.165) is 13.1 Å². The molecule has 1 saturated heterocycles. The molecule has 1 fully saturated rings. The van der Waals surface area contributed by atoms with Crippen LogP contribution in [0.25, 0.3) is 0 Å². The third-order valence-corrected chi connectivity index (χ3v) is 6.91. The minimum atomic E-state index is -3.46. The summed E-state index contributed by atoms with van der Waals surface area (Å²) >= 11 is 0. The predicted molar refractivity (Wildman–Crippen MR) is 104 cm³/mol. The van der Waals surface area contributed by atoms with Crippen molar-refractivity contribution >= 4 is 10.0 Å². The Balaban J connectivity index is 1.61. The first-order chi connectivity index (χ1) is 13.0. The van der Waals surface area contributed by atoms with Gasteiger partial charge in [0.2, 0.25) is 10.0 Å². The first-order valence-corrected chi connectivity index (χ1v) is 10.9. The largest absolute Gasteiger partial charge is 0.494 e. The zero-order valence-corrected chi connectivity index (χ0v) is 17.1. The summed E-state index contributed by atoms with van der Waals surface area (Å²) in [6.45, 7) is 10.7. The van der Waals surface area contributed by atoms with Crippen LogP contribution in [0.2, 0.25) is 0 Å². The number of ether oxygens (including phenoxy) is 1. The van der Waals surface area contributed by atoms with Gasteiger partial charge in [0.15, 0.2) is 0 Å². The molecular formula is C19H28N4O3S. The van der Waals surface area contributed by atoms with Crippen LogP contribution >= 0.6 is 0 Å². The number of benzene rings is 1.